The lowest BCUT2D eigenvalue weighted by atomic mass is 10.0. The lowest BCUT2D eigenvalue weighted by Gasteiger charge is -2.24. The predicted molar refractivity (Wildman–Crippen MR) is 122 cm³/mol. The number of hydrogen-bond donors (Lipinski definition) is 1. The highest BCUT2D eigenvalue weighted by atomic mass is 32.2. The van der Waals surface area contributed by atoms with E-state index in [4.69, 9.17) is 0 Å². The standard InChI is InChI=1S/C24H26N2O3S/c1-18-9-7-8-12-23(18)26(30(3,28)29)17-24(27)25-19(2)20-13-15-22(16-14-20)21-10-5-4-6-11-21/h4-16,19H,17H2,1-3H3,(H,25,27). The van der Waals surface area contributed by atoms with E-state index in [1.54, 1.807) is 12.1 Å². The van der Waals surface area contributed by atoms with Crippen molar-refractivity contribution in [2.24, 2.45) is 0 Å². The van der Waals surface area contributed by atoms with Gasteiger partial charge in [0.1, 0.15) is 6.54 Å². The van der Waals surface area contributed by atoms with Gasteiger partial charge in [-0.05, 0) is 42.2 Å². The second-order valence-corrected chi connectivity index (χ2v) is 9.24. The SMILES string of the molecule is Cc1ccccc1N(CC(=O)NC(C)c1ccc(-c2ccccc2)cc1)S(C)(=O)=O. The molecule has 0 aromatic heterocycles. The Morgan fingerprint density at radius 2 is 1.47 bits per heavy atom. The highest BCUT2D eigenvalue weighted by molar-refractivity contribution is 7.92. The quantitative estimate of drug-likeness (QED) is 0.617. The highest BCUT2D eigenvalue weighted by Crippen LogP contribution is 2.23. The van der Waals surface area contributed by atoms with Crippen molar-refractivity contribution in [2.45, 2.75) is 19.9 Å². The molecule has 3 rings (SSSR count). The maximum Gasteiger partial charge on any atom is 0.241 e. The van der Waals surface area contributed by atoms with E-state index in [0.29, 0.717) is 5.69 Å². The number of nitrogens with zero attached hydrogens (tertiary/aromatic N) is 1. The number of rotatable bonds is 7. The van der Waals surface area contributed by atoms with Crippen molar-refractivity contribution in [1.29, 1.82) is 0 Å². The topological polar surface area (TPSA) is 66.5 Å². The van der Waals surface area contributed by atoms with E-state index in [-0.39, 0.29) is 18.5 Å². The molecule has 0 spiro atoms. The van der Waals surface area contributed by atoms with E-state index in [2.05, 4.69) is 5.32 Å². The molecule has 3 aromatic rings. The Kier molecular flexibility index (Phi) is 6.57. The lowest BCUT2D eigenvalue weighted by Crippen LogP contribution is -2.41. The molecular formula is C24H26N2O3S. The number of carbonyl (C=O) groups excluding carboxylic acids is 1. The fourth-order valence-corrected chi connectivity index (χ4v) is 4.23. The highest BCUT2D eigenvalue weighted by Gasteiger charge is 2.23. The van der Waals surface area contributed by atoms with Gasteiger partial charge in [-0.3, -0.25) is 9.10 Å². The molecule has 1 N–H and O–H groups in total. The van der Waals surface area contributed by atoms with Gasteiger partial charge >= 0.3 is 0 Å². The number of sulfonamides is 1. The third-order valence-electron chi connectivity index (χ3n) is 4.97. The molecule has 1 amide bonds. The Bertz CT molecular complexity index is 1110. The third kappa shape index (κ3) is 5.27. The second kappa shape index (κ2) is 9.13. The van der Waals surface area contributed by atoms with Gasteiger partial charge in [-0.15, -0.1) is 0 Å². The molecule has 0 saturated heterocycles. The van der Waals surface area contributed by atoms with Crippen molar-refractivity contribution in [2.75, 3.05) is 17.1 Å². The summed E-state index contributed by atoms with van der Waals surface area (Å²) in [6.45, 7) is 3.44. The number of amides is 1. The van der Waals surface area contributed by atoms with Crippen molar-refractivity contribution in [3.63, 3.8) is 0 Å². The Morgan fingerprint density at radius 3 is 2.07 bits per heavy atom. The molecule has 0 bridgehead atoms. The number of anilines is 1. The average molecular weight is 423 g/mol. The van der Waals surface area contributed by atoms with Crippen molar-refractivity contribution in [3.05, 3.63) is 90.0 Å². The Balaban J connectivity index is 1.71. The van der Waals surface area contributed by atoms with Crippen LogP contribution in [0.1, 0.15) is 24.1 Å². The summed E-state index contributed by atoms with van der Waals surface area (Å²) in [6.07, 6.45) is 1.11. The lowest BCUT2D eigenvalue weighted by molar-refractivity contribution is -0.120. The minimum atomic E-state index is -3.60. The minimum Gasteiger partial charge on any atom is -0.348 e. The monoisotopic (exact) mass is 422 g/mol. The van der Waals surface area contributed by atoms with E-state index in [1.807, 2.05) is 80.6 Å². The largest absolute Gasteiger partial charge is 0.348 e. The van der Waals surface area contributed by atoms with Crippen LogP contribution in [0, 0.1) is 6.92 Å². The number of carbonyl (C=O) groups is 1. The molecule has 0 aliphatic carbocycles. The van der Waals surface area contributed by atoms with E-state index in [0.717, 1.165) is 32.8 Å². The molecule has 0 radical (unpaired) electrons. The van der Waals surface area contributed by atoms with Crippen LogP contribution in [0.5, 0.6) is 0 Å². The molecule has 0 fully saturated rings. The summed E-state index contributed by atoms with van der Waals surface area (Å²) < 4.78 is 25.7. The van der Waals surface area contributed by atoms with Crippen LogP contribution in [0.4, 0.5) is 5.69 Å². The Morgan fingerprint density at radius 1 is 0.900 bits per heavy atom. The maximum atomic E-state index is 12.6. The zero-order valence-electron chi connectivity index (χ0n) is 17.4. The molecule has 0 aliphatic heterocycles. The van der Waals surface area contributed by atoms with Gasteiger partial charge < -0.3 is 5.32 Å². The van der Waals surface area contributed by atoms with Gasteiger partial charge in [0.2, 0.25) is 15.9 Å². The van der Waals surface area contributed by atoms with Crippen molar-refractivity contribution < 1.29 is 13.2 Å². The van der Waals surface area contributed by atoms with Crippen LogP contribution in [0.2, 0.25) is 0 Å². The number of aryl methyl sites for hydroxylation is 1. The van der Waals surface area contributed by atoms with Crippen molar-refractivity contribution in [3.8, 4) is 11.1 Å². The van der Waals surface area contributed by atoms with Crippen LogP contribution in [0.15, 0.2) is 78.9 Å². The smallest absolute Gasteiger partial charge is 0.241 e. The van der Waals surface area contributed by atoms with Gasteiger partial charge in [0.05, 0.1) is 18.0 Å². The van der Waals surface area contributed by atoms with Gasteiger partial charge in [-0.2, -0.15) is 0 Å². The van der Waals surface area contributed by atoms with Gasteiger partial charge in [-0.25, -0.2) is 8.42 Å². The van der Waals surface area contributed by atoms with Crippen molar-refractivity contribution in [1.82, 2.24) is 5.32 Å². The predicted octanol–water partition coefficient (Wildman–Crippen LogP) is 4.31. The third-order valence-corrected chi connectivity index (χ3v) is 6.09. The van der Waals surface area contributed by atoms with Gasteiger partial charge in [0.15, 0.2) is 0 Å². The van der Waals surface area contributed by atoms with E-state index >= 15 is 0 Å². The van der Waals surface area contributed by atoms with Crippen LogP contribution < -0.4 is 9.62 Å². The first-order valence-corrected chi connectivity index (χ1v) is 11.6. The number of para-hydroxylation sites is 1. The van der Waals surface area contributed by atoms with Crippen molar-refractivity contribution >= 4 is 21.6 Å². The number of benzene rings is 3. The summed E-state index contributed by atoms with van der Waals surface area (Å²) in [5.41, 5.74) is 4.48. The molecule has 30 heavy (non-hydrogen) atoms. The first kappa shape index (κ1) is 21.6. The molecule has 0 aliphatic rings. The van der Waals surface area contributed by atoms with E-state index in [9.17, 15) is 13.2 Å². The normalized spacial score (nSPS) is 12.2. The fourth-order valence-electron chi connectivity index (χ4n) is 3.32. The molecule has 3 aromatic carbocycles. The summed E-state index contributed by atoms with van der Waals surface area (Å²) in [4.78, 5) is 12.6. The zero-order chi connectivity index (χ0) is 21.7. The summed E-state index contributed by atoms with van der Waals surface area (Å²) in [6, 6.07) is 24.9. The Labute approximate surface area is 178 Å². The summed E-state index contributed by atoms with van der Waals surface area (Å²) in [7, 11) is -3.60. The van der Waals surface area contributed by atoms with Crippen LogP contribution >= 0.6 is 0 Å². The van der Waals surface area contributed by atoms with Crippen LogP contribution in [-0.2, 0) is 14.8 Å². The van der Waals surface area contributed by atoms with Gasteiger partial charge in [-0.1, -0.05) is 72.8 Å². The maximum absolute atomic E-state index is 12.6. The van der Waals surface area contributed by atoms with Gasteiger partial charge in [0.25, 0.3) is 0 Å². The molecule has 0 heterocycles. The first-order valence-electron chi connectivity index (χ1n) is 9.74. The van der Waals surface area contributed by atoms with E-state index in [1.165, 1.54) is 0 Å². The summed E-state index contributed by atoms with van der Waals surface area (Å²) in [5, 5.41) is 2.90. The first-order chi connectivity index (χ1) is 14.3. The summed E-state index contributed by atoms with van der Waals surface area (Å²) >= 11 is 0. The molecule has 1 unspecified atom stereocenters. The van der Waals surface area contributed by atoms with Gasteiger partial charge in [0, 0.05) is 0 Å². The molecule has 1 atom stereocenters. The Hall–Kier alpha value is -3.12. The zero-order valence-corrected chi connectivity index (χ0v) is 18.2. The van der Waals surface area contributed by atoms with E-state index < -0.39 is 10.0 Å². The fraction of sp³-hybridized carbons (Fsp3) is 0.208. The molecule has 6 heteroatoms. The summed E-state index contributed by atoms with van der Waals surface area (Å²) in [5.74, 6) is -0.358. The molecule has 156 valence electrons. The van der Waals surface area contributed by atoms with Crippen LogP contribution in [0.3, 0.4) is 0 Å². The minimum absolute atomic E-state index is 0.249. The molecular weight excluding hydrogens is 396 g/mol. The van der Waals surface area contributed by atoms with Crippen LogP contribution in [-0.4, -0.2) is 27.1 Å². The molecule has 5 nitrogen and oxygen atoms in total. The molecule has 0 saturated carbocycles. The number of hydrogen-bond acceptors (Lipinski definition) is 3. The second-order valence-electron chi connectivity index (χ2n) is 7.33. The van der Waals surface area contributed by atoms with Crippen LogP contribution in [0.25, 0.3) is 11.1 Å². The number of nitrogens with one attached hydrogen (secondary N) is 1. The average Bonchev–Trinajstić information content (AvgIpc) is 2.72.